The Kier molecular flexibility index (Phi) is 4.34. The Bertz CT molecular complexity index is 629. The number of benzene rings is 2. The summed E-state index contributed by atoms with van der Waals surface area (Å²) in [6, 6.07) is 9.77. The molecule has 2 aromatic carbocycles. The van der Waals surface area contributed by atoms with Gasteiger partial charge in [-0.1, -0.05) is 39.1 Å². The molecule has 0 saturated carbocycles. The molecule has 2 N–H and O–H groups in total. The van der Waals surface area contributed by atoms with Crippen molar-refractivity contribution in [2.75, 3.05) is 5.32 Å². The highest BCUT2D eigenvalue weighted by Gasteiger charge is 2.15. The number of halogens is 3. The molecule has 0 aliphatic carbocycles. The van der Waals surface area contributed by atoms with Gasteiger partial charge in [-0.05, 0) is 36.4 Å². The molecule has 0 atom stereocenters. The Morgan fingerprint density at radius 1 is 1.16 bits per heavy atom. The lowest BCUT2D eigenvalue weighted by atomic mass is 10.2. The number of rotatable bonds is 2. The van der Waals surface area contributed by atoms with Gasteiger partial charge in [0.05, 0.1) is 10.6 Å². The Hall–Kier alpha value is -1.23. The highest BCUT2D eigenvalue weighted by Crippen LogP contribution is 2.31. The molecular formula is C13H8BrCl2NO2. The van der Waals surface area contributed by atoms with Gasteiger partial charge in [0.2, 0.25) is 0 Å². The fraction of sp³-hybridized carbons (Fsp3) is 0. The molecule has 0 aliphatic heterocycles. The summed E-state index contributed by atoms with van der Waals surface area (Å²) in [5.74, 6) is -0.773. The first-order valence-electron chi connectivity index (χ1n) is 5.22. The summed E-state index contributed by atoms with van der Waals surface area (Å²) < 4.78 is 0.902. The third kappa shape index (κ3) is 3.41. The van der Waals surface area contributed by atoms with Crippen molar-refractivity contribution in [2.24, 2.45) is 0 Å². The molecule has 3 nitrogen and oxygen atoms in total. The number of phenols is 1. The average molecular weight is 361 g/mol. The molecular weight excluding hydrogens is 353 g/mol. The average Bonchev–Trinajstić information content (AvgIpc) is 2.36. The number of phenolic OH excluding ortho intramolecular Hbond substituents is 1. The van der Waals surface area contributed by atoms with Gasteiger partial charge in [0, 0.05) is 15.2 Å². The highest BCUT2D eigenvalue weighted by molar-refractivity contribution is 9.10. The van der Waals surface area contributed by atoms with Crippen molar-refractivity contribution in [1.82, 2.24) is 0 Å². The van der Waals surface area contributed by atoms with Crippen LogP contribution in [0.25, 0.3) is 0 Å². The molecule has 2 rings (SSSR count). The van der Waals surface area contributed by atoms with Crippen LogP contribution < -0.4 is 5.32 Å². The van der Waals surface area contributed by atoms with Gasteiger partial charge in [-0.15, -0.1) is 0 Å². The SMILES string of the molecule is O=C(Nc1ccc(Br)cc1)c1cc(Cl)cc(Cl)c1O. The van der Waals surface area contributed by atoms with Crippen LogP contribution >= 0.6 is 39.1 Å². The molecule has 1 amide bonds. The predicted octanol–water partition coefficient (Wildman–Crippen LogP) is 4.71. The summed E-state index contributed by atoms with van der Waals surface area (Å²) in [5, 5.41) is 12.7. The van der Waals surface area contributed by atoms with Crippen LogP contribution in [0.15, 0.2) is 40.9 Å². The summed E-state index contributed by atoms with van der Waals surface area (Å²) in [6.07, 6.45) is 0. The summed E-state index contributed by atoms with van der Waals surface area (Å²) in [7, 11) is 0. The van der Waals surface area contributed by atoms with Crippen LogP contribution in [0, 0.1) is 0 Å². The minimum absolute atomic E-state index is 0.0282. The van der Waals surface area contributed by atoms with E-state index in [0.717, 1.165) is 4.47 Å². The minimum Gasteiger partial charge on any atom is -0.506 e. The number of hydrogen-bond donors (Lipinski definition) is 2. The van der Waals surface area contributed by atoms with Gasteiger partial charge < -0.3 is 10.4 Å². The maximum Gasteiger partial charge on any atom is 0.259 e. The van der Waals surface area contributed by atoms with Gasteiger partial charge in [0.15, 0.2) is 0 Å². The molecule has 0 fully saturated rings. The monoisotopic (exact) mass is 359 g/mol. The molecule has 0 heterocycles. The zero-order chi connectivity index (χ0) is 14.0. The third-order valence-electron chi connectivity index (χ3n) is 2.37. The second kappa shape index (κ2) is 5.82. The van der Waals surface area contributed by atoms with Crippen LogP contribution in [0.2, 0.25) is 10.0 Å². The smallest absolute Gasteiger partial charge is 0.259 e. The molecule has 0 spiro atoms. The maximum atomic E-state index is 12.0. The first-order chi connectivity index (χ1) is 8.97. The number of carbonyl (C=O) groups excluding carboxylic acids is 1. The van der Waals surface area contributed by atoms with Crippen LogP contribution in [0.3, 0.4) is 0 Å². The third-order valence-corrected chi connectivity index (χ3v) is 3.41. The van der Waals surface area contributed by atoms with Gasteiger partial charge >= 0.3 is 0 Å². The van der Waals surface area contributed by atoms with E-state index >= 15 is 0 Å². The number of aromatic hydroxyl groups is 1. The largest absolute Gasteiger partial charge is 0.506 e. The number of nitrogens with one attached hydrogen (secondary N) is 1. The van der Waals surface area contributed by atoms with E-state index in [-0.39, 0.29) is 21.4 Å². The van der Waals surface area contributed by atoms with Gasteiger partial charge in [0.25, 0.3) is 5.91 Å². The van der Waals surface area contributed by atoms with Gasteiger partial charge in [-0.3, -0.25) is 4.79 Å². The predicted molar refractivity (Wildman–Crippen MR) is 80.2 cm³/mol. The first kappa shape index (κ1) is 14.2. The Balaban J connectivity index is 2.27. The summed E-state index contributed by atoms with van der Waals surface area (Å²) in [5.41, 5.74) is 0.629. The molecule has 0 bridgehead atoms. The second-order valence-electron chi connectivity index (χ2n) is 3.74. The fourth-order valence-electron chi connectivity index (χ4n) is 1.47. The van der Waals surface area contributed by atoms with Crippen molar-refractivity contribution in [2.45, 2.75) is 0 Å². The van der Waals surface area contributed by atoms with Crippen LogP contribution in [0.1, 0.15) is 10.4 Å². The summed E-state index contributed by atoms with van der Waals surface area (Å²) >= 11 is 14.9. The zero-order valence-electron chi connectivity index (χ0n) is 9.45. The lowest BCUT2D eigenvalue weighted by Crippen LogP contribution is -2.12. The van der Waals surface area contributed by atoms with Gasteiger partial charge in [0.1, 0.15) is 5.75 Å². The van der Waals surface area contributed by atoms with E-state index in [9.17, 15) is 9.90 Å². The first-order valence-corrected chi connectivity index (χ1v) is 6.77. The number of hydrogen-bond acceptors (Lipinski definition) is 2. The van der Waals surface area contributed by atoms with Crippen LogP contribution in [0.4, 0.5) is 5.69 Å². The topological polar surface area (TPSA) is 49.3 Å². The molecule has 2 aromatic rings. The number of amides is 1. The van der Waals surface area contributed by atoms with E-state index in [1.807, 2.05) is 0 Å². The lowest BCUT2D eigenvalue weighted by molar-refractivity contribution is 0.102. The molecule has 6 heteroatoms. The highest BCUT2D eigenvalue weighted by atomic mass is 79.9. The van der Waals surface area contributed by atoms with Crippen LogP contribution in [0.5, 0.6) is 5.75 Å². The molecule has 98 valence electrons. The Labute approximate surface area is 128 Å². The van der Waals surface area contributed by atoms with Crippen molar-refractivity contribution >= 4 is 50.7 Å². The second-order valence-corrected chi connectivity index (χ2v) is 5.50. The fourth-order valence-corrected chi connectivity index (χ4v) is 2.23. The maximum absolute atomic E-state index is 12.0. The van der Waals surface area contributed by atoms with E-state index in [1.165, 1.54) is 12.1 Å². The van der Waals surface area contributed by atoms with Crippen molar-refractivity contribution in [1.29, 1.82) is 0 Å². The van der Waals surface area contributed by atoms with Crippen molar-refractivity contribution in [3.63, 3.8) is 0 Å². The quantitative estimate of drug-likeness (QED) is 0.814. The summed E-state index contributed by atoms with van der Waals surface area (Å²) in [4.78, 5) is 12.0. The zero-order valence-corrected chi connectivity index (χ0v) is 12.6. The van der Waals surface area contributed by atoms with Gasteiger partial charge in [-0.2, -0.15) is 0 Å². The summed E-state index contributed by atoms with van der Waals surface area (Å²) in [6.45, 7) is 0. The van der Waals surface area contributed by atoms with E-state index in [2.05, 4.69) is 21.2 Å². The van der Waals surface area contributed by atoms with E-state index in [1.54, 1.807) is 24.3 Å². The van der Waals surface area contributed by atoms with E-state index < -0.39 is 5.91 Å². The van der Waals surface area contributed by atoms with Crippen molar-refractivity contribution < 1.29 is 9.90 Å². The van der Waals surface area contributed by atoms with Crippen molar-refractivity contribution in [3.8, 4) is 5.75 Å². The van der Waals surface area contributed by atoms with E-state index in [4.69, 9.17) is 23.2 Å². The molecule has 0 unspecified atom stereocenters. The van der Waals surface area contributed by atoms with Crippen LogP contribution in [-0.4, -0.2) is 11.0 Å². The number of anilines is 1. The molecule has 0 saturated heterocycles. The minimum atomic E-state index is -0.482. The molecule has 0 radical (unpaired) electrons. The van der Waals surface area contributed by atoms with Crippen molar-refractivity contribution in [3.05, 3.63) is 56.5 Å². The molecule has 0 aliphatic rings. The van der Waals surface area contributed by atoms with Gasteiger partial charge in [-0.25, -0.2) is 0 Å². The normalized spacial score (nSPS) is 10.3. The van der Waals surface area contributed by atoms with E-state index in [0.29, 0.717) is 5.69 Å². The lowest BCUT2D eigenvalue weighted by Gasteiger charge is -2.08. The number of carbonyl (C=O) groups is 1. The molecule has 19 heavy (non-hydrogen) atoms. The Morgan fingerprint density at radius 3 is 2.42 bits per heavy atom. The standard InChI is InChI=1S/C13H8BrCl2NO2/c14-7-1-3-9(4-2-7)17-13(19)10-5-8(15)6-11(16)12(10)18/h1-6,18H,(H,17,19). The Morgan fingerprint density at radius 2 is 1.79 bits per heavy atom. The van der Waals surface area contributed by atoms with Crippen LogP contribution in [-0.2, 0) is 0 Å². The molecule has 0 aromatic heterocycles.